The van der Waals surface area contributed by atoms with Crippen LogP contribution in [0.3, 0.4) is 0 Å². The largest absolute Gasteiger partial charge is 0.390 e. The van der Waals surface area contributed by atoms with Gasteiger partial charge in [-0.3, -0.25) is 4.79 Å². The summed E-state index contributed by atoms with van der Waals surface area (Å²) in [7, 11) is 1.88. The molecule has 0 aromatic rings. The van der Waals surface area contributed by atoms with Crippen LogP contribution in [0.1, 0.15) is 78.6 Å². The van der Waals surface area contributed by atoms with Crippen LogP contribution < -0.4 is 0 Å². The molecule has 0 aromatic heterocycles. The predicted octanol–water partition coefficient (Wildman–Crippen LogP) is 5.38. The summed E-state index contributed by atoms with van der Waals surface area (Å²) < 4.78 is 6.04. The van der Waals surface area contributed by atoms with Gasteiger partial charge in [0.1, 0.15) is 5.78 Å². The van der Waals surface area contributed by atoms with Crippen molar-refractivity contribution in [3.8, 4) is 0 Å². The van der Waals surface area contributed by atoms with Gasteiger partial charge in [0.05, 0.1) is 17.0 Å². The zero-order chi connectivity index (χ0) is 20.3. The highest BCUT2D eigenvalue weighted by atomic mass is 79.9. The number of ether oxygens (including phenoxy) is 1. The maximum absolute atomic E-state index is 12.7. The molecular formula is C24H39BrO3. The number of alkyl halides is 1. The highest BCUT2D eigenvalue weighted by Gasteiger charge is 2.64. The number of rotatable bonds is 4. The zero-order valence-corrected chi connectivity index (χ0v) is 19.8. The fourth-order valence-corrected chi connectivity index (χ4v) is 9.19. The molecule has 9 atom stereocenters. The van der Waals surface area contributed by atoms with E-state index in [0.29, 0.717) is 28.9 Å². The van der Waals surface area contributed by atoms with Gasteiger partial charge < -0.3 is 9.84 Å². The third-order valence-electron chi connectivity index (χ3n) is 10.1. The van der Waals surface area contributed by atoms with E-state index in [0.717, 1.165) is 31.6 Å². The smallest absolute Gasteiger partial charge is 0.147 e. The molecule has 4 rings (SSSR count). The van der Waals surface area contributed by atoms with Gasteiger partial charge in [0.2, 0.25) is 0 Å². The second kappa shape index (κ2) is 7.34. The van der Waals surface area contributed by atoms with E-state index >= 15 is 0 Å². The SMILES string of the molecule is COC(C)[C@]12CC[C@@](C)(O)C[C@H]1CC[C@H]1[C@@H]3CC[C@H](C(=O)CBr)[C@@]3(C)CC[C@@H]12. The van der Waals surface area contributed by atoms with Crippen molar-refractivity contribution in [1.29, 1.82) is 0 Å². The Kier molecular flexibility index (Phi) is 5.58. The molecular weight excluding hydrogens is 416 g/mol. The lowest BCUT2D eigenvalue weighted by Crippen LogP contribution is -2.60. The minimum absolute atomic E-state index is 0.191. The number of carbonyl (C=O) groups excluding carboxylic acids is 1. The average molecular weight is 455 g/mol. The van der Waals surface area contributed by atoms with Gasteiger partial charge in [-0.25, -0.2) is 0 Å². The van der Waals surface area contributed by atoms with Crippen LogP contribution in [0.5, 0.6) is 0 Å². The van der Waals surface area contributed by atoms with Crippen LogP contribution in [0.15, 0.2) is 0 Å². The number of Topliss-reactive ketones (excluding diaryl/α,β-unsaturated/α-hetero) is 1. The molecule has 0 spiro atoms. The minimum Gasteiger partial charge on any atom is -0.390 e. The normalized spacial score (nSPS) is 51.7. The molecule has 0 amide bonds. The van der Waals surface area contributed by atoms with Crippen LogP contribution in [0.25, 0.3) is 0 Å². The monoisotopic (exact) mass is 454 g/mol. The van der Waals surface area contributed by atoms with Crippen LogP contribution in [0.2, 0.25) is 0 Å². The average Bonchev–Trinajstić information content (AvgIpc) is 3.03. The molecule has 1 unspecified atom stereocenters. The molecule has 0 saturated heterocycles. The van der Waals surface area contributed by atoms with Crippen LogP contribution in [0, 0.1) is 40.4 Å². The van der Waals surface area contributed by atoms with Crippen molar-refractivity contribution in [3.05, 3.63) is 0 Å². The highest BCUT2D eigenvalue weighted by molar-refractivity contribution is 9.09. The third kappa shape index (κ3) is 2.99. The number of hydrogen-bond acceptors (Lipinski definition) is 3. The number of hydrogen-bond donors (Lipinski definition) is 1. The van der Waals surface area contributed by atoms with Gasteiger partial charge in [0, 0.05) is 18.4 Å². The van der Waals surface area contributed by atoms with Crippen molar-refractivity contribution in [2.45, 2.75) is 90.3 Å². The molecule has 4 aliphatic rings. The molecule has 3 nitrogen and oxygen atoms in total. The summed E-state index contributed by atoms with van der Waals surface area (Å²) in [4.78, 5) is 12.7. The first-order valence-electron chi connectivity index (χ1n) is 11.5. The van der Waals surface area contributed by atoms with E-state index in [1.807, 2.05) is 14.0 Å². The van der Waals surface area contributed by atoms with Crippen molar-refractivity contribution in [3.63, 3.8) is 0 Å². The fraction of sp³-hybridized carbons (Fsp3) is 0.958. The lowest BCUT2D eigenvalue weighted by atomic mass is 9.42. The molecule has 0 bridgehead atoms. The Bertz CT molecular complexity index is 619. The Morgan fingerprint density at radius 3 is 2.54 bits per heavy atom. The number of methoxy groups -OCH3 is 1. The Hall–Kier alpha value is 0.0700. The van der Waals surface area contributed by atoms with Crippen LogP contribution >= 0.6 is 15.9 Å². The molecule has 0 aromatic carbocycles. The molecule has 4 aliphatic carbocycles. The predicted molar refractivity (Wildman–Crippen MR) is 115 cm³/mol. The van der Waals surface area contributed by atoms with Crippen molar-refractivity contribution in [1.82, 2.24) is 0 Å². The summed E-state index contributed by atoms with van der Waals surface area (Å²) in [5.41, 5.74) is -0.117. The topological polar surface area (TPSA) is 46.5 Å². The Labute approximate surface area is 179 Å². The maximum atomic E-state index is 12.7. The molecule has 0 aliphatic heterocycles. The van der Waals surface area contributed by atoms with E-state index in [-0.39, 0.29) is 22.9 Å². The standard InChI is InChI=1S/C24H39BrO3/c1-15(28-4)24-12-11-22(2,27)13-16(24)5-6-17-18-7-8-20(21(26)14-25)23(18,3)10-9-19(17)24/h15-20,27H,5-14H2,1-4H3/t15?,16-,17+,18+,19+,20-,22-,23+,24-/m1/s1. The van der Waals surface area contributed by atoms with Crippen molar-refractivity contribution in [2.24, 2.45) is 40.4 Å². The Morgan fingerprint density at radius 1 is 1.11 bits per heavy atom. The quantitative estimate of drug-likeness (QED) is 0.580. The lowest BCUT2D eigenvalue weighted by Gasteiger charge is -2.64. The van der Waals surface area contributed by atoms with E-state index in [9.17, 15) is 9.90 Å². The summed E-state index contributed by atoms with van der Waals surface area (Å²) in [6.45, 7) is 6.75. The van der Waals surface area contributed by atoms with Crippen LogP contribution in [0.4, 0.5) is 0 Å². The molecule has 1 N–H and O–H groups in total. The number of aliphatic hydroxyl groups is 1. The van der Waals surface area contributed by atoms with Crippen molar-refractivity contribution in [2.75, 3.05) is 12.4 Å². The molecule has 28 heavy (non-hydrogen) atoms. The highest BCUT2D eigenvalue weighted by Crippen LogP contribution is 2.69. The van der Waals surface area contributed by atoms with Crippen LogP contribution in [-0.4, -0.2) is 35.0 Å². The Balaban J connectivity index is 1.67. The number of halogens is 1. The first kappa shape index (κ1) is 21.3. The van der Waals surface area contributed by atoms with Crippen molar-refractivity contribution >= 4 is 21.7 Å². The Morgan fingerprint density at radius 2 is 1.86 bits per heavy atom. The second-order valence-electron chi connectivity index (χ2n) is 11.1. The molecule has 4 fully saturated rings. The molecule has 4 saturated carbocycles. The van der Waals surface area contributed by atoms with E-state index in [1.54, 1.807) is 0 Å². The summed E-state index contributed by atoms with van der Waals surface area (Å²) in [6.07, 6.45) is 10.4. The summed E-state index contributed by atoms with van der Waals surface area (Å²) in [5, 5.41) is 11.3. The molecule has 160 valence electrons. The van der Waals surface area contributed by atoms with E-state index in [2.05, 4.69) is 29.8 Å². The lowest BCUT2D eigenvalue weighted by molar-refractivity contribution is -0.198. The van der Waals surface area contributed by atoms with Gasteiger partial charge in [-0.05, 0) is 101 Å². The van der Waals surface area contributed by atoms with Gasteiger partial charge in [-0.2, -0.15) is 0 Å². The fourth-order valence-electron chi connectivity index (χ4n) is 8.80. The maximum Gasteiger partial charge on any atom is 0.147 e. The van der Waals surface area contributed by atoms with Gasteiger partial charge >= 0.3 is 0 Å². The first-order valence-corrected chi connectivity index (χ1v) is 12.7. The summed E-state index contributed by atoms with van der Waals surface area (Å²) in [6, 6.07) is 0. The van der Waals surface area contributed by atoms with Crippen molar-refractivity contribution < 1.29 is 14.6 Å². The number of carbonyl (C=O) groups is 1. The number of ketones is 1. The second-order valence-corrected chi connectivity index (χ2v) is 11.7. The van der Waals surface area contributed by atoms with E-state index < -0.39 is 5.60 Å². The summed E-state index contributed by atoms with van der Waals surface area (Å²) >= 11 is 3.44. The van der Waals surface area contributed by atoms with Gasteiger partial charge in [-0.15, -0.1) is 0 Å². The number of fused-ring (bicyclic) bond motifs is 5. The van der Waals surface area contributed by atoms with Gasteiger partial charge in [-0.1, -0.05) is 22.9 Å². The molecule has 0 radical (unpaired) electrons. The van der Waals surface area contributed by atoms with Gasteiger partial charge in [0.15, 0.2) is 0 Å². The molecule has 4 heteroatoms. The van der Waals surface area contributed by atoms with E-state index in [4.69, 9.17) is 4.74 Å². The third-order valence-corrected chi connectivity index (χ3v) is 10.7. The first-order chi connectivity index (χ1) is 13.2. The van der Waals surface area contributed by atoms with E-state index in [1.165, 1.54) is 32.1 Å². The zero-order valence-electron chi connectivity index (χ0n) is 18.2. The van der Waals surface area contributed by atoms with Gasteiger partial charge in [0.25, 0.3) is 0 Å². The molecule has 0 heterocycles. The minimum atomic E-state index is -0.515. The summed E-state index contributed by atoms with van der Waals surface area (Å²) in [5.74, 6) is 3.34. The van der Waals surface area contributed by atoms with Crippen LogP contribution in [-0.2, 0) is 9.53 Å².